The Balaban J connectivity index is 0.00000243. The van der Waals surface area contributed by atoms with E-state index in [9.17, 15) is 0 Å². The zero-order valence-electron chi connectivity index (χ0n) is 39.1. The van der Waals surface area contributed by atoms with Crippen LogP contribution in [0.2, 0.25) is 0 Å². The van der Waals surface area contributed by atoms with Crippen LogP contribution in [-0.4, -0.2) is 4.57 Å². The van der Waals surface area contributed by atoms with Crippen molar-refractivity contribution in [1.29, 1.82) is 0 Å². The van der Waals surface area contributed by atoms with Crippen LogP contribution in [0.25, 0.3) is 67.0 Å². The number of nitrogens with zero attached hydrogens (tertiary/aromatic N) is 1. The van der Waals surface area contributed by atoms with Crippen molar-refractivity contribution in [2.45, 2.75) is 32.6 Å². The van der Waals surface area contributed by atoms with Crippen molar-refractivity contribution in [2.75, 3.05) is 5.32 Å². The monoisotopic (exact) mass is 882 g/mol. The molecule has 0 radical (unpaired) electrons. The minimum Gasteiger partial charge on any atom is -0.362 e. The van der Waals surface area contributed by atoms with Gasteiger partial charge in [0.25, 0.3) is 0 Å². The van der Waals surface area contributed by atoms with Gasteiger partial charge in [-0.25, -0.2) is 0 Å². The molecule has 0 bridgehead atoms. The van der Waals surface area contributed by atoms with Crippen molar-refractivity contribution in [2.24, 2.45) is 0 Å². The molecule has 0 fully saturated rings. The van der Waals surface area contributed by atoms with E-state index in [-0.39, 0.29) is 0 Å². The molecule has 1 heterocycles. The maximum atomic E-state index is 3.61. The first kappa shape index (κ1) is 41.8. The van der Waals surface area contributed by atoms with Crippen LogP contribution in [0, 0.1) is 19.1 Å². The summed E-state index contributed by atoms with van der Waals surface area (Å²) in [5.41, 5.74) is 24.4. The molecule has 3 aliphatic carbocycles. The fraction of sp³-hybridized carbons (Fsp3) is 0.0746. The summed E-state index contributed by atoms with van der Waals surface area (Å²) < 4.78 is 2.32. The molecule has 2 nitrogen and oxygen atoms in total. The van der Waals surface area contributed by atoms with Crippen molar-refractivity contribution in [3.63, 3.8) is 0 Å². The van der Waals surface area contributed by atoms with Crippen molar-refractivity contribution in [1.82, 2.24) is 4.57 Å². The molecule has 0 saturated carbocycles. The minimum absolute atomic E-state index is 0.426. The summed E-state index contributed by atoms with van der Waals surface area (Å²) in [7, 11) is 0. The number of fused-ring (bicyclic) bond motifs is 14. The number of rotatable bonds is 8. The number of anilines is 1. The number of hydrogen-bond donors (Lipinski definition) is 1. The Bertz CT molecular complexity index is 3730. The molecule has 0 aliphatic heterocycles. The summed E-state index contributed by atoms with van der Waals surface area (Å²) >= 11 is 0. The molecule has 1 spiro atoms. The smallest absolute Gasteiger partial charge is 0.0974 e. The third-order valence-electron chi connectivity index (χ3n) is 14.2. The number of nitrogens with one attached hydrogen (secondary N) is 1. The van der Waals surface area contributed by atoms with Crippen LogP contribution in [-0.2, 0) is 11.8 Å². The summed E-state index contributed by atoms with van der Waals surface area (Å²) in [5, 5.41) is 5.94. The number of benzene rings is 8. The summed E-state index contributed by atoms with van der Waals surface area (Å²) in [5.74, 6) is 0. The summed E-state index contributed by atoms with van der Waals surface area (Å²) in [6, 6.07) is 80.4. The first-order valence-corrected chi connectivity index (χ1v) is 24.2. The molecular formula is C67H50N2. The molecule has 2 heteroatoms. The van der Waals surface area contributed by atoms with E-state index < -0.39 is 5.41 Å². The largest absolute Gasteiger partial charge is 0.362 e. The lowest BCUT2D eigenvalue weighted by Gasteiger charge is -2.32. The second kappa shape index (κ2) is 17.2. The van der Waals surface area contributed by atoms with Crippen LogP contribution in [0.5, 0.6) is 0 Å². The van der Waals surface area contributed by atoms with E-state index in [0.717, 1.165) is 40.1 Å². The van der Waals surface area contributed by atoms with E-state index >= 15 is 0 Å². The highest BCUT2D eigenvalue weighted by atomic mass is 15.0. The van der Waals surface area contributed by atoms with Crippen LogP contribution in [0.15, 0.2) is 230 Å². The summed E-state index contributed by atoms with van der Waals surface area (Å²) in [6.07, 6.45) is 11.7. The molecule has 1 atom stereocenters. The van der Waals surface area contributed by atoms with Gasteiger partial charge in [0.15, 0.2) is 0 Å². The fourth-order valence-corrected chi connectivity index (χ4v) is 11.3. The highest BCUT2D eigenvalue weighted by Crippen LogP contribution is 2.65. The molecule has 0 amide bonds. The Morgan fingerprint density at radius 1 is 0.580 bits per heavy atom. The van der Waals surface area contributed by atoms with Gasteiger partial charge in [-0.15, -0.1) is 0 Å². The first-order valence-electron chi connectivity index (χ1n) is 24.2. The quantitative estimate of drug-likeness (QED) is 0.150. The first-order chi connectivity index (χ1) is 34.1. The van der Waals surface area contributed by atoms with Gasteiger partial charge in [0, 0.05) is 28.2 Å². The van der Waals surface area contributed by atoms with E-state index in [1.165, 1.54) is 88.6 Å². The van der Waals surface area contributed by atoms with Gasteiger partial charge >= 0.3 is 0 Å². The Hall–Kier alpha value is -8.64. The minimum atomic E-state index is -0.426. The molecule has 9 aromatic carbocycles. The number of hydrogen-bond acceptors (Lipinski definition) is 1. The highest BCUT2D eigenvalue weighted by Gasteiger charge is 2.54. The fourth-order valence-electron chi connectivity index (χ4n) is 11.3. The Morgan fingerprint density at radius 2 is 1.29 bits per heavy atom. The van der Waals surface area contributed by atoms with Gasteiger partial charge in [-0.3, -0.25) is 0 Å². The van der Waals surface area contributed by atoms with Crippen LogP contribution < -0.4 is 5.32 Å². The number of aryl methyl sites for hydroxylation is 1. The molecule has 69 heavy (non-hydrogen) atoms. The number of allylic oxidation sites excluding steroid dienone is 5. The van der Waals surface area contributed by atoms with Crippen LogP contribution >= 0.6 is 0 Å². The van der Waals surface area contributed by atoms with Crippen LogP contribution in [0.1, 0.15) is 63.9 Å². The SMILES string of the molecule is CC.Cc1ccc2c(c1)c1ccccc1n2-c1c#cc(-c2ccc3c(c2)-c2ccccc2C32C3=C(c4ccccc4C3)c3cc(C(/C=C\c4ccccc4)=C/C=C/Nc4ccccc4)ccc32)cc1. The van der Waals surface area contributed by atoms with Gasteiger partial charge in [-0.1, -0.05) is 189 Å². The zero-order valence-corrected chi connectivity index (χ0v) is 39.1. The van der Waals surface area contributed by atoms with Crippen LogP contribution in [0.3, 0.4) is 0 Å². The average Bonchev–Trinajstić information content (AvgIpc) is 4.13. The second-order valence-corrected chi connectivity index (χ2v) is 18.0. The van der Waals surface area contributed by atoms with Crippen molar-refractivity contribution in [3.8, 4) is 27.9 Å². The Kier molecular flexibility index (Phi) is 10.4. The van der Waals surface area contributed by atoms with Gasteiger partial charge in [0.1, 0.15) is 0 Å². The molecule has 10 aromatic rings. The summed E-state index contributed by atoms with van der Waals surface area (Å²) in [6.45, 7) is 6.16. The average molecular weight is 883 g/mol. The topological polar surface area (TPSA) is 17.0 Å². The van der Waals surface area contributed by atoms with Crippen LogP contribution in [0.4, 0.5) is 5.69 Å². The van der Waals surface area contributed by atoms with E-state index in [4.69, 9.17) is 0 Å². The summed E-state index contributed by atoms with van der Waals surface area (Å²) in [4.78, 5) is 0. The predicted octanol–water partition coefficient (Wildman–Crippen LogP) is 16.8. The predicted molar refractivity (Wildman–Crippen MR) is 291 cm³/mol. The lowest BCUT2D eigenvalue weighted by Crippen LogP contribution is -2.28. The molecule has 13 rings (SSSR count). The van der Waals surface area contributed by atoms with Crippen molar-refractivity contribution in [3.05, 3.63) is 292 Å². The molecule has 1 unspecified atom stereocenters. The van der Waals surface area contributed by atoms with E-state index in [0.29, 0.717) is 0 Å². The Labute approximate surface area is 405 Å². The van der Waals surface area contributed by atoms with Gasteiger partial charge in [-0.2, -0.15) is 0 Å². The molecule has 1 aromatic heterocycles. The van der Waals surface area contributed by atoms with Crippen molar-refractivity contribution < 1.29 is 0 Å². The standard InChI is InChI=1S/C65H44N2.C2H6/c1-43-26-37-63-56(39-43)54-23-11-13-25-62(54)67(63)51-33-29-46(30-34-51)47-31-35-59-55(40-47)53-22-10-12-24-58(53)65(59)60-36-32-48(41-57(60)64-52-21-9-8-17-49(52)42-61(64)65)45(28-27-44-15-4-2-5-16-44)18-14-38-66-50-19-6-3-7-20-50;1-2/h2-29,31-33,35-41,66H,42H2,1H3;1-2H3/b28-27-,38-14+,45-18+;. The third-order valence-corrected chi connectivity index (χ3v) is 14.2. The van der Waals surface area contributed by atoms with E-state index in [1.54, 1.807) is 0 Å². The third kappa shape index (κ3) is 6.81. The number of aromatic nitrogens is 1. The Morgan fingerprint density at radius 3 is 2.13 bits per heavy atom. The molecule has 328 valence electrons. The number of para-hydroxylation sites is 2. The van der Waals surface area contributed by atoms with E-state index in [2.05, 4.69) is 235 Å². The van der Waals surface area contributed by atoms with Gasteiger partial charge in [0.05, 0.1) is 22.1 Å². The maximum Gasteiger partial charge on any atom is 0.0974 e. The lowest BCUT2D eigenvalue weighted by atomic mass is 9.68. The zero-order chi connectivity index (χ0) is 46.5. The highest BCUT2D eigenvalue weighted by molar-refractivity contribution is 6.09. The molecule has 0 saturated heterocycles. The van der Waals surface area contributed by atoms with E-state index in [1.807, 2.05) is 38.2 Å². The molecular weight excluding hydrogens is 833 g/mol. The normalized spacial score (nSPS) is 15.3. The van der Waals surface area contributed by atoms with Crippen molar-refractivity contribution >= 4 is 44.7 Å². The van der Waals surface area contributed by atoms with Gasteiger partial charge in [0.2, 0.25) is 0 Å². The molecule has 1 N–H and O–H groups in total. The van der Waals surface area contributed by atoms with Gasteiger partial charge < -0.3 is 9.88 Å². The second-order valence-electron chi connectivity index (χ2n) is 18.0. The maximum absolute atomic E-state index is 3.61. The molecule has 3 aliphatic rings. The lowest BCUT2D eigenvalue weighted by molar-refractivity contribution is 0.745. The van der Waals surface area contributed by atoms with Gasteiger partial charge in [-0.05, 0) is 158 Å².